The van der Waals surface area contributed by atoms with E-state index in [1.54, 1.807) is 16.8 Å². The molecule has 0 fully saturated rings. The maximum Gasteiger partial charge on any atom is 0.324 e. The van der Waals surface area contributed by atoms with Crippen molar-refractivity contribution < 1.29 is 17.6 Å². The highest BCUT2D eigenvalue weighted by molar-refractivity contribution is 5.65. The number of hydrogen-bond donors (Lipinski definition) is 2. The van der Waals surface area contributed by atoms with Gasteiger partial charge in [-0.25, -0.2) is 18.7 Å². The van der Waals surface area contributed by atoms with Crippen LogP contribution in [-0.2, 0) is 0 Å². The van der Waals surface area contributed by atoms with Crippen molar-refractivity contribution in [2.75, 3.05) is 23.7 Å². The third-order valence-corrected chi connectivity index (χ3v) is 2.54. The molecule has 0 aliphatic carbocycles. The zero-order valence-electron chi connectivity index (χ0n) is 10.6. The lowest BCUT2D eigenvalue weighted by molar-refractivity contribution is -0.117. The Bertz CT molecular complexity index is 583. The zero-order valence-corrected chi connectivity index (χ0v) is 10.6. The first-order valence-electron chi connectivity index (χ1n) is 5.91. The Morgan fingerprint density at radius 3 is 2.75 bits per heavy atom. The summed E-state index contributed by atoms with van der Waals surface area (Å²) in [5, 5.41) is 5.14. The monoisotopic (exact) mass is 291 g/mol. The second-order valence-electron chi connectivity index (χ2n) is 4.08. The van der Waals surface area contributed by atoms with E-state index in [9.17, 15) is 17.6 Å². The van der Waals surface area contributed by atoms with Gasteiger partial charge in [0.05, 0.1) is 12.7 Å². The molecule has 9 heteroatoms. The molecule has 0 bridgehead atoms. The van der Waals surface area contributed by atoms with Crippen LogP contribution in [0.4, 0.5) is 29.2 Å². The third-order valence-electron chi connectivity index (χ3n) is 2.54. The highest BCUT2D eigenvalue weighted by Crippen LogP contribution is 2.24. The highest BCUT2D eigenvalue weighted by Gasteiger charge is 2.40. The normalized spacial score (nSPS) is 12.1. The van der Waals surface area contributed by atoms with E-state index in [1.165, 1.54) is 6.20 Å². The SMILES string of the molecule is CCNc1cn2ccnc2c(NCC(F)(F)C(F)F)n1. The minimum absolute atomic E-state index is 0.0220. The lowest BCUT2D eigenvalue weighted by Gasteiger charge is -2.17. The summed E-state index contributed by atoms with van der Waals surface area (Å²) >= 11 is 0. The summed E-state index contributed by atoms with van der Waals surface area (Å²) in [6, 6.07) is 0. The summed E-state index contributed by atoms with van der Waals surface area (Å²) in [5.74, 6) is -3.67. The minimum Gasteiger partial charge on any atom is -0.369 e. The average Bonchev–Trinajstić information content (AvgIpc) is 2.84. The molecule has 0 amide bonds. The van der Waals surface area contributed by atoms with Crippen molar-refractivity contribution in [1.29, 1.82) is 0 Å². The van der Waals surface area contributed by atoms with Crippen LogP contribution in [0.5, 0.6) is 0 Å². The van der Waals surface area contributed by atoms with Gasteiger partial charge in [-0.2, -0.15) is 8.78 Å². The van der Waals surface area contributed by atoms with E-state index < -0.39 is 18.9 Å². The molecule has 2 N–H and O–H groups in total. The number of alkyl halides is 4. The molecule has 0 aromatic carbocycles. The predicted molar refractivity (Wildman–Crippen MR) is 66.6 cm³/mol. The molecule has 0 unspecified atom stereocenters. The van der Waals surface area contributed by atoms with Crippen molar-refractivity contribution >= 4 is 17.3 Å². The van der Waals surface area contributed by atoms with Gasteiger partial charge in [-0.1, -0.05) is 0 Å². The van der Waals surface area contributed by atoms with Gasteiger partial charge in [-0.15, -0.1) is 0 Å². The lowest BCUT2D eigenvalue weighted by atomic mass is 10.3. The van der Waals surface area contributed by atoms with Gasteiger partial charge in [0.2, 0.25) is 0 Å². The first-order valence-corrected chi connectivity index (χ1v) is 5.91. The van der Waals surface area contributed by atoms with Crippen LogP contribution in [-0.4, -0.2) is 39.8 Å². The van der Waals surface area contributed by atoms with E-state index >= 15 is 0 Å². The van der Waals surface area contributed by atoms with Gasteiger partial charge in [0.1, 0.15) is 5.82 Å². The van der Waals surface area contributed by atoms with Crippen LogP contribution in [0.15, 0.2) is 18.6 Å². The van der Waals surface area contributed by atoms with E-state index in [0.29, 0.717) is 12.4 Å². The smallest absolute Gasteiger partial charge is 0.324 e. The number of nitrogens with zero attached hydrogens (tertiary/aromatic N) is 3. The highest BCUT2D eigenvalue weighted by atomic mass is 19.3. The molecule has 0 saturated carbocycles. The Morgan fingerprint density at radius 1 is 1.35 bits per heavy atom. The Balaban J connectivity index is 2.26. The summed E-state index contributed by atoms with van der Waals surface area (Å²) in [4.78, 5) is 7.98. The molecule has 0 spiro atoms. The molecular formula is C11H13F4N5. The first kappa shape index (κ1) is 14.4. The number of anilines is 2. The quantitative estimate of drug-likeness (QED) is 0.803. The molecule has 0 radical (unpaired) electrons. The fourth-order valence-corrected chi connectivity index (χ4v) is 1.60. The van der Waals surface area contributed by atoms with Crippen molar-refractivity contribution in [1.82, 2.24) is 14.4 Å². The van der Waals surface area contributed by atoms with E-state index in [4.69, 9.17) is 0 Å². The summed E-state index contributed by atoms with van der Waals surface area (Å²) in [5.41, 5.74) is 0.289. The van der Waals surface area contributed by atoms with Gasteiger partial charge in [-0.05, 0) is 6.92 Å². The number of hydrogen-bond acceptors (Lipinski definition) is 4. The van der Waals surface area contributed by atoms with Crippen molar-refractivity contribution in [3.05, 3.63) is 18.6 Å². The number of aromatic nitrogens is 3. The first-order chi connectivity index (χ1) is 9.44. The summed E-state index contributed by atoms with van der Waals surface area (Å²) in [6.07, 6.45) is 0.961. The number of nitrogens with one attached hydrogen (secondary N) is 2. The topological polar surface area (TPSA) is 54.2 Å². The second-order valence-corrected chi connectivity index (χ2v) is 4.08. The summed E-state index contributed by atoms with van der Waals surface area (Å²) in [7, 11) is 0. The van der Waals surface area contributed by atoms with Gasteiger partial charge in [0.25, 0.3) is 0 Å². The Labute approximate surface area is 112 Å². The van der Waals surface area contributed by atoms with Crippen LogP contribution in [0, 0.1) is 0 Å². The van der Waals surface area contributed by atoms with Crippen LogP contribution in [0.2, 0.25) is 0 Å². The van der Waals surface area contributed by atoms with Crippen molar-refractivity contribution in [3.63, 3.8) is 0 Å². The van der Waals surface area contributed by atoms with Gasteiger partial charge < -0.3 is 15.0 Å². The van der Waals surface area contributed by atoms with Gasteiger partial charge >= 0.3 is 12.3 Å². The van der Waals surface area contributed by atoms with E-state index in [-0.39, 0.29) is 11.5 Å². The molecule has 110 valence electrons. The summed E-state index contributed by atoms with van der Waals surface area (Å²) in [6.45, 7) is 1.22. The lowest BCUT2D eigenvalue weighted by Crippen LogP contribution is -2.35. The van der Waals surface area contributed by atoms with E-state index in [2.05, 4.69) is 20.6 Å². The number of halogens is 4. The van der Waals surface area contributed by atoms with Crippen molar-refractivity contribution in [3.8, 4) is 0 Å². The molecule has 0 atom stereocenters. The molecule has 0 aliphatic rings. The van der Waals surface area contributed by atoms with Crippen molar-refractivity contribution in [2.45, 2.75) is 19.3 Å². The molecule has 5 nitrogen and oxygen atoms in total. The van der Waals surface area contributed by atoms with Crippen LogP contribution in [0.3, 0.4) is 0 Å². The third kappa shape index (κ3) is 2.91. The van der Waals surface area contributed by atoms with Crippen LogP contribution in [0.25, 0.3) is 5.65 Å². The minimum atomic E-state index is -4.13. The molecule has 0 aliphatic heterocycles. The van der Waals surface area contributed by atoms with E-state index in [1.807, 2.05) is 6.92 Å². The zero-order chi connectivity index (χ0) is 14.8. The predicted octanol–water partition coefficient (Wildman–Crippen LogP) is 2.47. The average molecular weight is 291 g/mol. The maximum atomic E-state index is 12.9. The number of rotatable bonds is 6. The van der Waals surface area contributed by atoms with Gasteiger partial charge in [0.15, 0.2) is 11.5 Å². The molecule has 2 heterocycles. The molecule has 2 aromatic heterocycles. The molecule has 2 rings (SSSR count). The molecular weight excluding hydrogens is 278 g/mol. The maximum absolute atomic E-state index is 12.9. The Morgan fingerprint density at radius 2 is 2.10 bits per heavy atom. The Kier molecular flexibility index (Phi) is 3.96. The standard InChI is InChI=1S/C11H13F4N5/c1-2-16-7-5-20-4-3-17-9(20)8(19-7)18-6-11(14,15)10(12)13/h3-5,10,16H,2,6H2,1H3,(H,18,19). The number of fused-ring (bicyclic) bond motifs is 1. The van der Waals surface area contributed by atoms with Crippen molar-refractivity contribution in [2.24, 2.45) is 0 Å². The Hall–Kier alpha value is -2.06. The molecule has 0 saturated heterocycles. The van der Waals surface area contributed by atoms with Crippen LogP contribution >= 0.6 is 0 Å². The second kappa shape index (κ2) is 5.51. The molecule has 2 aromatic rings. The largest absolute Gasteiger partial charge is 0.369 e. The summed E-state index contributed by atoms with van der Waals surface area (Å²) < 4.78 is 51.7. The van der Waals surface area contributed by atoms with Crippen LogP contribution in [0.1, 0.15) is 6.92 Å². The number of imidazole rings is 1. The van der Waals surface area contributed by atoms with Gasteiger partial charge in [-0.3, -0.25) is 0 Å². The fraction of sp³-hybridized carbons (Fsp3) is 0.455. The van der Waals surface area contributed by atoms with E-state index in [0.717, 1.165) is 0 Å². The fourth-order valence-electron chi connectivity index (χ4n) is 1.60. The van der Waals surface area contributed by atoms with Gasteiger partial charge in [0, 0.05) is 18.9 Å². The molecule has 20 heavy (non-hydrogen) atoms. The van der Waals surface area contributed by atoms with Crippen LogP contribution < -0.4 is 10.6 Å².